The van der Waals surface area contributed by atoms with Crippen LogP contribution >= 0.6 is 0 Å². The zero-order chi connectivity index (χ0) is 10.8. The van der Waals surface area contributed by atoms with E-state index in [-0.39, 0.29) is 18.7 Å². The first-order valence-electron chi connectivity index (χ1n) is 4.78. The zero-order valence-corrected chi connectivity index (χ0v) is 8.19. The van der Waals surface area contributed by atoms with Gasteiger partial charge in [-0.2, -0.15) is 0 Å². The van der Waals surface area contributed by atoms with E-state index < -0.39 is 11.7 Å². The molecule has 1 saturated heterocycles. The van der Waals surface area contributed by atoms with Gasteiger partial charge in [-0.25, -0.2) is 4.79 Å². The van der Waals surface area contributed by atoms with Gasteiger partial charge in [0.25, 0.3) is 0 Å². The summed E-state index contributed by atoms with van der Waals surface area (Å²) in [6.07, 6.45) is 1.61. The fourth-order valence-electron chi connectivity index (χ4n) is 1.71. The summed E-state index contributed by atoms with van der Waals surface area (Å²) in [6.45, 7) is 2.18. The van der Waals surface area contributed by atoms with Gasteiger partial charge >= 0.3 is 5.97 Å². The Bertz CT molecular complexity index is 253. The number of nitrogens with zero attached hydrogens (tertiary/aromatic N) is 1. The predicted octanol–water partition coefficient (Wildman–Crippen LogP) is 0.182. The third-order valence-electron chi connectivity index (χ3n) is 2.46. The number of rotatable bonds is 3. The molecular formula is C9H15NO4. The van der Waals surface area contributed by atoms with E-state index >= 15 is 0 Å². The van der Waals surface area contributed by atoms with Gasteiger partial charge in [-0.05, 0) is 12.8 Å². The number of aliphatic carboxylic acids is 1. The van der Waals surface area contributed by atoms with Gasteiger partial charge < -0.3 is 15.1 Å². The number of hydrogen-bond acceptors (Lipinski definition) is 3. The average Bonchev–Trinajstić information content (AvgIpc) is 2.49. The third kappa shape index (κ3) is 1.72. The van der Waals surface area contributed by atoms with Crippen LogP contribution in [-0.4, -0.2) is 39.3 Å². The van der Waals surface area contributed by atoms with Crippen molar-refractivity contribution in [3.63, 3.8) is 0 Å². The molecule has 1 heterocycles. The highest BCUT2D eigenvalue weighted by Gasteiger charge is 2.48. The van der Waals surface area contributed by atoms with Gasteiger partial charge in [-0.3, -0.25) is 4.79 Å². The Kier molecular flexibility index (Phi) is 3.10. The maximum atomic E-state index is 11.5. The van der Waals surface area contributed by atoms with Crippen LogP contribution in [0.3, 0.4) is 0 Å². The number of carbonyl (C=O) groups excluding carboxylic acids is 1. The molecule has 0 radical (unpaired) electrons. The highest BCUT2D eigenvalue weighted by molar-refractivity contribution is 5.86. The lowest BCUT2D eigenvalue weighted by Gasteiger charge is -2.29. The molecule has 0 spiro atoms. The van der Waals surface area contributed by atoms with Crippen molar-refractivity contribution in [2.24, 2.45) is 0 Å². The minimum absolute atomic E-state index is 0.123. The normalized spacial score (nSPS) is 26.6. The van der Waals surface area contributed by atoms with Gasteiger partial charge in [-0.15, -0.1) is 0 Å². The molecule has 14 heavy (non-hydrogen) atoms. The topological polar surface area (TPSA) is 77.8 Å². The van der Waals surface area contributed by atoms with E-state index in [4.69, 9.17) is 5.11 Å². The molecule has 0 aromatic heterocycles. The zero-order valence-electron chi connectivity index (χ0n) is 8.19. The molecule has 1 atom stereocenters. The summed E-state index contributed by atoms with van der Waals surface area (Å²) in [6, 6.07) is 0. The van der Waals surface area contributed by atoms with Crippen molar-refractivity contribution < 1.29 is 19.8 Å². The van der Waals surface area contributed by atoms with E-state index in [0.29, 0.717) is 19.4 Å². The Balaban J connectivity index is 2.77. The fraction of sp³-hybridized carbons (Fsp3) is 0.778. The van der Waals surface area contributed by atoms with E-state index in [9.17, 15) is 14.7 Å². The number of aliphatic hydroxyl groups is 1. The summed E-state index contributed by atoms with van der Waals surface area (Å²) >= 11 is 0. The van der Waals surface area contributed by atoms with Gasteiger partial charge in [0.05, 0.1) is 0 Å². The van der Waals surface area contributed by atoms with Crippen molar-refractivity contribution in [3.05, 3.63) is 0 Å². The Hall–Kier alpha value is -1.10. The Morgan fingerprint density at radius 1 is 1.50 bits per heavy atom. The van der Waals surface area contributed by atoms with Crippen molar-refractivity contribution in [2.75, 3.05) is 6.54 Å². The molecule has 0 bridgehead atoms. The highest BCUT2D eigenvalue weighted by atomic mass is 16.4. The fourth-order valence-corrected chi connectivity index (χ4v) is 1.71. The summed E-state index contributed by atoms with van der Waals surface area (Å²) in [7, 11) is 0. The molecule has 80 valence electrons. The van der Waals surface area contributed by atoms with Crippen LogP contribution in [0.2, 0.25) is 0 Å². The summed E-state index contributed by atoms with van der Waals surface area (Å²) in [5.41, 5.74) is -1.97. The van der Waals surface area contributed by atoms with Crippen LogP contribution in [0.4, 0.5) is 0 Å². The summed E-state index contributed by atoms with van der Waals surface area (Å²) in [5, 5.41) is 18.5. The van der Waals surface area contributed by atoms with Crippen molar-refractivity contribution in [1.82, 2.24) is 4.90 Å². The second kappa shape index (κ2) is 3.96. The van der Waals surface area contributed by atoms with Crippen LogP contribution in [0.5, 0.6) is 0 Å². The number of carbonyl (C=O) groups is 2. The van der Waals surface area contributed by atoms with Crippen molar-refractivity contribution in [3.8, 4) is 0 Å². The van der Waals surface area contributed by atoms with E-state index in [2.05, 4.69) is 0 Å². The van der Waals surface area contributed by atoms with Crippen LogP contribution in [0.1, 0.15) is 32.6 Å². The lowest BCUT2D eigenvalue weighted by molar-refractivity contribution is -0.182. The van der Waals surface area contributed by atoms with Gasteiger partial charge in [0.2, 0.25) is 11.6 Å². The Morgan fingerprint density at radius 2 is 2.14 bits per heavy atom. The van der Waals surface area contributed by atoms with Crippen LogP contribution in [-0.2, 0) is 9.59 Å². The summed E-state index contributed by atoms with van der Waals surface area (Å²) in [5.74, 6) is -1.62. The van der Waals surface area contributed by atoms with Gasteiger partial charge in [-0.1, -0.05) is 6.92 Å². The second-order valence-electron chi connectivity index (χ2n) is 3.52. The van der Waals surface area contributed by atoms with Crippen LogP contribution in [0, 0.1) is 0 Å². The quantitative estimate of drug-likeness (QED) is 0.683. The molecule has 5 nitrogen and oxygen atoms in total. The van der Waals surface area contributed by atoms with Gasteiger partial charge in [0, 0.05) is 19.4 Å². The largest absolute Gasteiger partial charge is 0.478 e. The molecule has 0 saturated carbocycles. The lowest BCUT2D eigenvalue weighted by Crippen LogP contribution is -2.52. The van der Waals surface area contributed by atoms with Crippen molar-refractivity contribution >= 4 is 11.9 Å². The molecule has 0 aromatic rings. The number of amides is 1. The standard InChI is InChI=1S/C9H15NO4/c1-2-4-7(11)10-6-3-5-9(10,14)8(12)13/h14H,2-6H2,1H3,(H,12,13)/t9-/m1/s1. The number of hydrogen-bond donors (Lipinski definition) is 2. The first kappa shape index (κ1) is 11.0. The molecule has 5 heteroatoms. The summed E-state index contributed by atoms with van der Waals surface area (Å²) < 4.78 is 0. The molecule has 1 fully saturated rings. The summed E-state index contributed by atoms with van der Waals surface area (Å²) in [4.78, 5) is 23.3. The van der Waals surface area contributed by atoms with Gasteiger partial charge in [0.15, 0.2) is 0 Å². The molecule has 2 N–H and O–H groups in total. The molecular weight excluding hydrogens is 186 g/mol. The van der Waals surface area contributed by atoms with E-state index in [1.165, 1.54) is 0 Å². The molecule has 1 amide bonds. The number of carboxylic acids is 1. The van der Waals surface area contributed by atoms with Crippen LogP contribution < -0.4 is 0 Å². The molecule has 0 aliphatic carbocycles. The molecule has 0 aromatic carbocycles. The van der Waals surface area contributed by atoms with Crippen LogP contribution in [0.25, 0.3) is 0 Å². The SMILES string of the molecule is CCCC(=O)N1CCC[C@@]1(O)C(=O)O. The van der Waals surface area contributed by atoms with E-state index in [1.54, 1.807) is 0 Å². The second-order valence-corrected chi connectivity index (χ2v) is 3.52. The Morgan fingerprint density at radius 3 is 2.64 bits per heavy atom. The minimum Gasteiger partial charge on any atom is -0.478 e. The third-order valence-corrected chi connectivity index (χ3v) is 2.46. The maximum Gasteiger partial charge on any atom is 0.357 e. The lowest BCUT2D eigenvalue weighted by atomic mass is 10.1. The molecule has 1 aliphatic heterocycles. The average molecular weight is 201 g/mol. The minimum atomic E-state index is -1.97. The molecule has 1 rings (SSSR count). The van der Waals surface area contributed by atoms with E-state index in [1.807, 2.05) is 6.92 Å². The maximum absolute atomic E-state index is 11.5. The number of likely N-dealkylation sites (tertiary alicyclic amines) is 1. The van der Waals surface area contributed by atoms with Crippen LogP contribution in [0.15, 0.2) is 0 Å². The predicted molar refractivity (Wildman–Crippen MR) is 48.4 cm³/mol. The smallest absolute Gasteiger partial charge is 0.357 e. The van der Waals surface area contributed by atoms with Crippen molar-refractivity contribution in [1.29, 1.82) is 0 Å². The monoisotopic (exact) mass is 201 g/mol. The Labute approximate surface area is 82.3 Å². The van der Waals surface area contributed by atoms with Gasteiger partial charge in [0.1, 0.15) is 0 Å². The first-order chi connectivity index (χ1) is 6.52. The van der Waals surface area contributed by atoms with Crippen molar-refractivity contribution in [2.45, 2.75) is 38.3 Å². The highest BCUT2D eigenvalue weighted by Crippen LogP contribution is 2.27. The first-order valence-corrected chi connectivity index (χ1v) is 4.78. The molecule has 1 aliphatic rings. The number of carboxylic acid groups (broad SMARTS) is 1. The molecule has 0 unspecified atom stereocenters. The van der Waals surface area contributed by atoms with E-state index in [0.717, 1.165) is 4.90 Å².